The first-order valence-electron chi connectivity index (χ1n) is 6.46. The maximum absolute atomic E-state index is 11.4. The summed E-state index contributed by atoms with van der Waals surface area (Å²) in [6.07, 6.45) is 0. The number of hydrogen-bond acceptors (Lipinski definition) is 4. The molecule has 0 spiro atoms. The molecule has 19 heavy (non-hydrogen) atoms. The second kappa shape index (κ2) is 5.59. The highest BCUT2D eigenvalue weighted by molar-refractivity contribution is 5.95. The number of ether oxygens (including phenoxy) is 1. The van der Waals surface area contributed by atoms with Crippen LogP contribution in [0.1, 0.15) is 18.5 Å². The first-order valence-corrected chi connectivity index (χ1v) is 6.46. The molecule has 3 N–H and O–H groups in total. The van der Waals surface area contributed by atoms with Crippen LogP contribution in [0.5, 0.6) is 5.75 Å². The molecule has 1 aliphatic heterocycles. The fourth-order valence-electron chi connectivity index (χ4n) is 2.55. The van der Waals surface area contributed by atoms with Crippen molar-refractivity contribution in [2.24, 2.45) is 11.7 Å². The lowest BCUT2D eigenvalue weighted by Gasteiger charge is -2.31. The molecule has 0 bridgehead atoms. The third-order valence-corrected chi connectivity index (χ3v) is 3.45. The minimum Gasteiger partial charge on any atom is -0.482 e. The van der Waals surface area contributed by atoms with Crippen molar-refractivity contribution >= 4 is 11.6 Å². The number of carbonyl (C=O) groups excluding carboxylic acids is 1. The molecular formula is C14H21N3O2. The Hall–Kier alpha value is -1.59. The van der Waals surface area contributed by atoms with E-state index in [1.807, 2.05) is 32.3 Å². The summed E-state index contributed by atoms with van der Waals surface area (Å²) in [7, 11) is 4.07. The van der Waals surface area contributed by atoms with E-state index in [0.29, 0.717) is 12.5 Å². The highest BCUT2D eigenvalue weighted by Crippen LogP contribution is 2.34. The van der Waals surface area contributed by atoms with Crippen LogP contribution in [0.4, 0.5) is 5.69 Å². The number of amides is 1. The van der Waals surface area contributed by atoms with E-state index in [4.69, 9.17) is 10.5 Å². The van der Waals surface area contributed by atoms with Gasteiger partial charge >= 0.3 is 0 Å². The molecule has 1 aromatic rings. The lowest BCUT2D eigenvalue weighted by molar-refractivity contribution is -0.118. The van der Waals surface area contributed by atoms with Crippen molar-refractivity contribution in [3.63, 3.8) is 0 Å². The fraction of sp³-hybridized carbons (Fsp3) is 0.500. The Kier molecular flexibility index (Phi) is 4.07. The molecule has 0 saturated heterocycles. The van der Waals surface area contributed by atoms with Crippen LogP contribution in [-0.4, -0.2) is 38.1 Å². The molecule has 1 heterocycles. The summed E-state index contributed by atoms with van der Waals surface area (Å²) in [5.41, 5.74) is 7.66. The Morgan fingerprint density at radius 2 is 2.21 bits per heavy atom. The number of nitrogens with two attached hydrogens (primary N) is 1. The van der Waals surface area contributed by atoms with Gasteiger partial charge in [0, 0.05) is 6.04 Å². The Morgan fingerprint density at radius 3 is 2.84 bits per heavy atom. The summed E-state index contributed by atoms with van der Waals surface area (Å²) < 4.78 is 5.37. The van der Waals surface area contributed by atoms with E-state index in [9.17, 15) is 4.79 Å². The van der Waals surface area contributed by atoms with Crippen LogP contribution in [-0.2, 0) is 4.79 Å². The standard InChI is InChI=1S/C14H21N3O2/c1-9(7-15)14(17(2)3)10-4-5-12-11(6-10)16-13(18)8-19-12/h4-6,9,14H,7-8,15H2,1-3H3,(H,16,18). The van der Waals surface area contributed by atoms with Gasteiger partial charge in [0.05, 0.1) is 5.69 Å². The minimum absolute atomic E-state index is 0.0860. The maximum atomic E-state index is 11.4. The average molecular weight is 263 g/mol. The van der Waals surface area contributed by atoms with Gasteiger partial charge in [-0.15, -0.1) is 0 Å². The molecule has 0 saturated carbocycles. The Balaban J connectivity index is 2.34. The molecule has 2 unspecified atom stereocenters. The molecule has 5 heteroatoms. The van der Waals surface area contributed by atoms with Gasteiger partial charge in [0.2, 0.25) is 0 Å². The number of nitrogens with one attached hydrogen (secondary N) is 1. The van der Waals surface area contributed by atoms with Crippen molar-refractivity contribution in [2.75, 3.05) is 32.6 Å². The van der Waals surface area contributed by atoms with Crippen molar-refractivity contribution in [1.29, 1.82) is 0 Å². The van der Waals surface area contributed by atoms with Gasteiger partial charge in [-0.3, -0.25) is 4.79 Å². The summed E-state index contributed by atoms with van der Waals surface area (Å²) in [6.45, 7) is 2.82. The van der Waals surface area contributed by atoms with E-state index in [2.05, 4.69) is 17.1 Å². The van der Waals surface area contributed by atoms with Crippen LogP contribution in [0.3, 0.4) is 0 Å². The summed E-state index contributed by atoms with van der Waals surface area (Å²) in [5, 5.41) is 2.84. The average Bonchev–Trinajstić information content (AvgIpc) is 2.37. The highest BCUT2D eigenvalue weighted by atomic mass is 16.5. The van der Waals surface area contributed by atoms with Gasteiger partial charge in [-0.2, -0.15) is 0 Å². The third kappa shape index (κ3) is 2.88. The number of benzene rings is 1. The molecular weight excluding hydrogens is 242 g/mol. The van der Waals surface area contributed by atoms with Crippen LogP contribution < -0.4 is 15.8 Å². The predicted molar refractivity (Wildman–Crippen MR) is 75.2 cm³/mol. The van der Waals surface area contributed by atoms with E-state index in [0.717, 1.165) is 17.0 Å². The van der Waals surface area contributed by atoms with Gasteiger partial charge < -0.3 is 20.7 Å². The van der Waals surface area contributed by atoms with Gasteiger partial charge in [0.15, 0.2) is 6.61 Å². The van der Waals surface area contributed by atoms with Crippen LogP contribution in [0, 0.1) is 5.92 Å². The third-order valence-electron chi connectivity index (χ3n) is 3.45. The van der Waals surface area contributed by atoms with Crippen molar-refractivity contribution in [2.45, 2.75) is 13.0 Å². The number of anilines is 1. The molecule has 1 aromatic carbocycles. The quantitative estimate of drug-likeness (QED) is 0.857. The lowest BCUT2D eigenvalue weighted by Crippen LogP contribution is -2.31. The van der Waals surface area contributed by atoms with Gasteiger partial charge in [-0.1, -0.05) is 13.0 Å². The van der Waals surface area contributed by atoms with Gasteiger partial charge in [0.25, 0.3) is 5.91 Å². The first kappa shape index (κ1) is 13.8. The zero-order chi connectivity index (χ0) is 14.0. The molecule has 104 valence electrons. The van der Waals surface area contributed by atoms with Crippen LogP contribution in [0.2, 0.25) is 0 Å². The zero-order valence-corrected chi connectivity index (χ0v) is 11.6. The number of fused-ring (bicyclic) bond motifs is 1. The second-order valence-electron chi connectivity index (χ2n) is 5.21. The van der Waals surface area contributed by atoms with Gasteiger partial charge in [0.1, 0.15) is 5.75 Å². The molecule has 5 nitrogen and oxygen atoms in total. The lowest BCUT2D eigenvalue weighted by atomic mass is 9.93. The van der Waals surface area contributed by atoms with E-state index in [-0.39, 0.29) is 18.6 Å². The largest absolute Gasteiger partial charge is 0.482 e. The normalized spacial score (nSPS) is 17.4. The van der Waals surface area contributed by atoms with Crippen molar-refractivity contribution in [3.8, 4) is 5.75 Å². The fourth-order valence-corrected chi connectivity index (χ4v) is 2.55. The van der Waals surface area contributed by atoms with Crippen molar-refractivity contribution < 1.29 is 9.53 Å². The molecule has 0 aliphatic carbocycles. The highest BCUT2D eigenvalue weighted by Gasteiger charge is 2.23. The summed E-state index contributed by atoms with van der Waals surface area (Å²) >= 11 is 0. The molecule has 0 fully saturated rings. The van der Waals surface area contributed by atoms with E-state index in [1.54, 1.807) is 0 Å². The number of carbonyl (C=O) groups is 1. The van der Waals surface area contributed by atoms with Crippen LogP contribution >= 0.6 is 0 Å². The van der Waals surface area contributed by atoms with Gasteiger partial charge in [-0.25, -0.2) is 0 Å². The van der Waals surface area contributed by atoms with Gasteiger partial charge in [-0.05, 0) is 44.3 Å². The number of nitrogens with zero attached hydrogens (tertiary/aromatic N) is 1. The summed E-state index contributed by atoms with van der Waals surface area (Å²) in [5.74, 6) is 0.937. The van der Waals surface area contributed by atoms with E-state index >= 15 is 0 Å². The Bertz CT molecular complexity index is 474. The topological polar surface area (TPSA) is 67.6 Å². The predicted octanol–water partition coefficient (Wildman–Crippen LogP) is 1.22. The van der Waals surface area contributed by atoms with E-state index < -0.39 is 0 Å². The molecule has 1 amide bonds. The molecule has 0 radical (unpaired) electrons. The molecule has 2 atom stereocenters. The van der Waals surface area contributed by atoms with Crippen LogP contribution in [0.25, 0.3) is 0 Å². The molecule has 0 aromatic heterocycles. The van der Waals surface area contributed by atoms with E-state index in [1.165, 1.54) is 0 Å². The summed E-state index contributed by atoms with van der Waals surface area (Å²) in [6, 6.07) is 6.13. The second-order valence-corrected chi connectivity index (χ2v) is 5.21. The molecule has 1 aliphatic rings. The summed E-state index contributed by atoms with van der Waals surface area (Å²) in [4.78, 5) is 13.5. The Morgan fingerprint density at radius 1 is 1.47 bits per heavy atom. The smallest absolute Gasteiger partial charge is 0.262 e. The van der Waals surface area contributed by atoms with Crippen molar-refractivity contribution in [1.82, 2.24) is 4.90 Å². The molecule has 2 rings (SSSR count). The van der Waals surface area contributed by atoms with Crippen LogP contribution in [0.15, 0.2) is 18.2 Å². The minimum atomic E-state index is -0.113. The van der Waals surface area contributed by atoms with Crippen molar-refractivity contribution in [3.05, 3.63) is 23.8 Å². The maximum Gasteiger partial charge on any atom is 0.262 e. The number of rotatable bonds is 4. The monoisotopic (exact) mass is 263 g/mol. The zero-order valence-electron chi connectivity index (χ0n) is 11.6. The number of hydrogen-bond donors (Lipinski definition) is 2. The SMILES string of the molecule is CC(CN)C(c1ccc2c(c1)NC(=O)CO2)N(C)C. The Labute approximate surface area is 113 Å². The first-order chi connectivity index (χ1) is 9.02.